The molecule has 0 rings (SSSR count). The SMILES string of the molecule is CC/C=C\C/C=C\C/C=C\C/C=C\CCCCCCCCCCCCCCCCCCC(=O)OC(CO)COC(=O)CCCCCCCCCCCCCCCCCCCCCCCCCCCCC/C=C\C/C=C\CCCCCCC. The molecule has 0 spiro atoms. The molecular weight excluding hydrogens is 1000 g/mol. The Morgan fingerprint density at radius 1 is 0.293 bits per heavy atom. The Hall–Kier alpha value is -2.66. The first kappa shape index (κ1) is 79.3. The molecule has 82 heavy (non-hydrogen) atoms. The summed E-state index contributed by atoms with van der Waals surface area (Å²) in [5, 5.41) is 9.71. The minimum Gasteiger partial charge on any atom is -0.462 e. The quantitative estimate of drug-likeness (QED) is 0.0373. The molecule has 0 aliphatic carbocycles. The first-order valence-electron chi connectivity index (χ1n) is 36.5. The second-order valence-corrected chi connectivity index (χ2v) is 24.6. The van der Waals surface area contributed by atoms with Crippen LogP contribution in [0.3, 0.4) is 0 Å². The van der Waals surface area contributed by atoms with E-state index in [0.717, 1.165) is 70.6 Å². The second-order valence-electron chi connectivity index (χ2n) is 24.6. The van der Waals surface area contributed by atoms with Gasteiger partial charge in [0.05, 0.1) is 6.61 Å². The Kier molecular flexibility index (Phi) is 70.2. The fraction of sp³-hybridized carbons (Fsp3) is 0.818. The number of carbonyl (C=O) groups is 2. The normalized spacial score (nSPS) is 12.6. The molecule has 1 atom stereocenters. The highest BCUT2D eigenvalue weighted by Crippen LogP contribution is 2.19. The van der Waals surface area contributed by atoms with Gasteiger partial charge in [-0.2, -0.15) is 0 Å². The highest BCUT2D eigenvalue weighted by atomic mass is 16.6. The van der Waals surface area contributed by atoms with E-state index in [-0.39, 0.29) is 25.2 Å². The van der Waals surface area contributed by atoms with Gasteiger partial charge >= 0.3 is 11.9 Å². The predicted octanol–water partition coefficient (Wildman–Crippen LogP) is 25.4. The third kappa shape index (κ3) is 69.8. The van der Waals surface area contributed by atoms with Gasteiger partial charge in [-0.1, -0.05) is 363 Å². The van der Waals surface area contributed by atoms with Crippen LogP contribution in [0.5, 0.6) is 0 Å². The maximum Gasteiger partial charge on any atom is 0.306 e. The zero-order valence-corrected chi connectivity index (χ0v) is 55.0. The molecule has 0 aromatic heterocycles. The van der Waals surface area contributed by atoms with Crippen LogP contribution < -0.4 is 0 Å². The molecule has 0 aromatic rings. The van der Waals surface area contributed by atoms with E-state index in [9.17, 15) is 14.7 Å². The van der Waals surface area contributed by atoms with Gasteiger partial charge in [-0.3, -0.25) is 9.59 Å². The van der Waals surface area contributed by atoms with E-state index >= 15 is 0 Å². The van der Waals surface area contributed by atoms with Crippen LogP contribution in [0.4, 0.5) is 0 Å². The maximum atomic E-state index is 12.4. The third-order valence-electron chi connectivity index (χ3n) is 16.5. The molecule has 0 aliphatic heterocycles. The molecule has 478 valence electrons. The summed E-state index contributed by atoms with van der Waals surface area (Å²) in [4.78, 5) is 24.7. The van der Waals surface area contributed by atoms with Crippen LogP contribution in [-0.2, 0) is 19.1 Å². The first-order chi connectivity index (χ1) is 40.6. The van der Waals surface area contributed by atoms with E-state index in [2.05, 4.69) is 86.8 Å². The molecule has 0 amide bonds. The smallest absolute Gasteiger partial charge is 0.306 e. The Morgan fingerprint density at radius 2 is 0.524 bits per heavy atom. The Morgan fingerprint density at radius 3 is 0.793 bits per heavy atom. The lowest BCUT2D eigenvalue weighted by atomic mass is 10.0. The van der Waals surface area contributed by atoms with Gasteiger partial charge < -0.3 is 14.6 Å². The van der Waals surface area contributed by atoms with E-state index < -0.39 is 6.10 Å². The van der Waals surface area contributed by atoms with Crippen LogP contribution in [0.25, 0.3) is 0 Å². The fourth-order valence-corrected chi connectivity index (χ4v) is 11.1. The van der Waals surface area contributed by atoms with Crippen molar-refractivity contribution in [1.82, 2.24) is 0 Å². The van der Waals surface area contributed by atoms with Crippen LogP contribution in [-0.4, -0.2) is 36.4 Å². The topological polar surface area (TPSA) is 72.8 Å². The maximum absolute atomic E-state index is 12.4. The van der Waals surface area contributed by atoms with Gasteiger partial charge in [0.1, 0.15) is 6.61 Å². The molecule has 0 heterocycles. The predicted molar refractivity (Wildman–Crippen MR) is 362 cm³/mol. The Balaban J connectivity index is 3.38. The molecule has 0 saturated heterocycles. The summed E-state index contributed by atoms with van der Waals surface area (Å²) >= 11 is 0. The zero-order chi connectivity index (χ0) is 59.1. The highest BCUT2D eigenvalue weighted by Gasteiger charge is 2.16. The summed E-state index contributed by atoms with van der Waals surface area (Å²) in [5.74, 6) is -0.571. The number of allylic oxidation sites excluding steroid dienone is 12. The van der Waals surface area contributed by atoms with Crippen molar-refractivity contribution >= 4 is 11.9 Å². The minimum absolute atomic E-state index is 0.0621. The van der Waals surface area contributed by atoms with Crippen molar-refractivity contribution in [2.45, 2.75) is 392 Å². The van der Waals surface area contributed by atoms with Crippen molar-refractivity contribution < 1.29 is 24.2 Å². The van der Waals surface area contributed by atoms with Gasteiger partial charge in [0.25, 0.3) is 0 Å². The van der Waals surface area contributed by atoms with Gasteiger partial charge in [-0.05, 0) is 83.5 Å². The molecule has 5 nitrogen and oxygen atoms in total. The molecular formula is C77H140O5. The fourth-order valence-electron chi connectivity index (χ4n) is 11.1. The zero-order valence-electron chi connectivity index (χ0n) is 55.0. The molecule has 0 aromatic carbocycles. The largest absolute Gasteiger partial charge is 0.462 e. The summed E-state index contributed by atoms with van der Waals surface area (Å²) in [6.45, 7) is 4.07. The van der Waals surface area contributed by atoms with Crippen LogP contribution in [0.2, 0.25) is 0 Å². The van der Waals surface area contributed by atoms with E-state index in [1.807, 2.05) is 0 Å². The monoisotopic (exact) mass is 1150 g/mol. The second kappa shape index (κ2) is 72.6. The summed E-state index contributed by atoms with van der Waals surface area (Å²) < 4.78 is 10.8. The van der Waals surface area contributed by atoms with Crippen molar-refractivity contribution in [2.75, 3.05) is 13.2 Å². The number of esters is 2. The number of hydrogen-bond acceptors (Lipinski definition) is 5. The average molecular weight is 1150 g/mol. The van der Waals surface area contributed by atoms with Crippen LogP contribution in [0.1, 0.15) is 386 Å². The van der Waals surface area contributed by atoms with Crippen LogP contribution >= 0.6 is 0 Å². The summed E-state index contributed by atoms with van der Waals surface area (Å²) in [7, 11) is 0. The molecule has 0 bridgehead atoms. The molecule has 1 unspecified atom stereocenters. The van der Waals surface area contributed by atoms with Crippen molar-refractivity contribution in [2.24, 2.45) is 0 Å². The van der Waals surface area contributed by atoms with Gasteiger partial charge in [-0.15, -0.1) is 0 Å². The lowest BCUT2D eigenvalue weighted by molar-refractivity contribution is -0.161. The average Bonchev–Trinajstić information content (AvgIpc) is 3.49. The third-order valence-corrected chi connectivity index (χ3v) is 16.5. The van der Waals surface area contributed by atoms with Gasteiger partial charge in [0.2, 0.25) is 0 Å². The van der Waals surface area contributed by atoms with Crippen LogP contribution in [0.15, 0.2) is 72.9 Å². The summed E-state index contributed by atoms with van der Waals surface area (Å²) in [6.07, 6.45) is 101. The van der Waals surface area contributed by atoms with E-state index in [1.54, 1.807) is 0 Å². The number of unbranched alkanes of at least 4 members (excludes halogenated alkanes) is 48. The standard InChI is InChI=1S/C77H140O5/c1-3-5-7-9-11-13-15-17-19-21-23-25-27-29-31-33-34-35-36-37-38-39-40-41-42-44-45-47-49-51-53-55-57-59-61-63-65-67-69-71-76(79)81-74-75(73-78)82-77(80)72-70-68-66-64-62-60-58-56-54-52-50-48-46-43-32-30-28-26-24-22-20-18-16-14-12-10-8-6-4-2/h6,8,12,14-15,17-18,20-21,23-24,26,75,78H,3-5,7,9-11,13,16,19,22,25,27-74H2,1-2H3/b8-6-,14-12-,17-15-,20-18-,23-21-,26-24-. The molecule has 5 heteroatoms. The Bertz CT molecular complexity index is 1440. The van der Waals surface area contributed by atoms with Gasteiger partial charge in [-0.25, -0.2) is 0 Å². The molecule has 0 radical (unpaired) electrons. The number of ether oxygens (including phenoxy) is 2. The lowest BCUT2D eigenvalue weighted by Crippen LogP contribution is -2.28. The van der Waals surface area contributed by atoms with Crippen molar-refractivity contribution in [1.29, 1.82) is 0 Å². The number of aliphatic hydroxyl groups excluding tert-OH is 1. The lowest BCUT2D eigenvalue weighted by Gasteiger charge is -2.15. The number of aliphatic hydroxyl groups is 1. The van der Waals surface area contributed by atoms with E-state index in [4.69, 9.17) is 9.47 Å². The number of rotatable bonds is 68. The molecule has 0 aliphatic rings. The van der Waals surface area contributed by atoms with Crippen LogP contribution in [0, 0.1) is 0 Å². The number of carbonyl (C=O) groups excluding carboxylic acids is 2. The van der Waals surface area contributed by atoms with Gasteiger partial charge in [0, 0.05) is 12.8 Å². The Labute approximate surface area is 512 Å². The van der Waals surface area contributed by atoms with E-state index in [1.165, 1.54) is 289 Å². The minimum atomic E-state index is -0.773. The van der Waals surface area contributed by atoms with Crippen molar-refractivity contribution in [3.05, 3.63) is 72.9 Å². The summed E-state index contributed by atoms with van der Waals surface area (Å²) in [6, 6.07) is 0. The van der Waals surface area contributed by atoms with Gasteiger partial charge in [0.15, 0.2) is 6.10 Å². The molecule has 0 fully saturated rings. The van der Waals surface area contributed by atoms with Crippen molar-refractivity contribution in [3.8, 4) is 0 Å². The number of hydrogen-bond donors (Lipinski definition) is 1. The van der Waals surface area contributed by atoms with E-state index in [0.29, 0.717) is 12.8 Å². The molecule has 0 saturated carbocycles. The summed E-state index contributed by atoms with van der Waals surface area (Å²) in [5.41, 5.74) is 0. The highest BCUT2D eigenvalue weighted by molar-refractivity contribution is 5.70. The molecule has 1 N–H and O–H groups in total. The van der Waals surface area contributed by atoms with Crippen molar-refractivity contribution in [3.63, 3.8) is 0 Å². The first-order valence-corrected chi connectivity index (χ1v) is 36.5.